The van der Waals surface area contributed by atoms with Crippen molar-refractivity contribution in [2.75, 3.05) is 23.5 Å². The quantitative estimate of drug-likeness (QED) is 0.458. The third-order valence-corrected chi connectivity index (χ3v) is 3.92. The summed E-state index contributed by atoms with van der Waals surface area (Å²) in [5.41, 5.74) is 7.30. The standard InChI is InChI=1S/C19H17FN8O/c1-29-15-7-3-6-14(9-15)25-19-26-18(21)28(27-19)17-10-16(22-11-23-17)24-13-5-2-4-12(20)8-13/h2-11H,1H3,(H,22,23,24)(H3,21,25,26,27). The lowest BCUT2D eigenvalue weighted by Crippen LogP contribution is -2.06. The zero-order valence-corrected chi connectivity index (χ0v) is 15.4. The number of methoxy groups -OCH3 is 1. The van der Waals surface area contributed by atoms with Crippen LogP contribution < -0.4 is 21.1 Å². The lowest BCUT2D eigenvalue weighted by molar-refractivity contribution is 0.415. The number of nitrogen functional groups attached to an aromatic ring is 1. The van der Waals surface area contributed by atoms with Crippen molar-refractivity contribution in [1.82, 2.24) is 24.7 Å². The molecule has 2 heterocycles. The molecule has 9 nitrogen and oxygen atoms in total. The van der Waals surface area contributed by atoms with E-state index in [1.807, 2.05) is 24.3 Å². The molecule has 0 aliphatic heterocycles. The highest BCUT2D eigenvalue weighted by atomic mass is 19.1. The maximum absolute atomic E-state index is 13.4. The van der Waals surface area contributed by atoms with E-state index in [0.717, 1.165) is 5.69 Å². The lowest BCUT2D eigenvalue weighted by atomic mass is 10.3. The van der Waals surface area contributed by atoms with Gasteiger partial charge in [-0.05, 0) is 30.3 Å². The van der Waals surface area contributed by atoms with Gasteiger partial charge in [-0.15, -0.1) is 5.10 Å². The largest absolute Gasteiger partial charge is 0.497 e. The van der Waals surface area contributed by atoms with Crippen LogP contribution in [0.4, 0.5) is 33.5 Å². The van der Waals surface area contributed by atoms with Crippen molar-refractivity contribution < 1.29 is 9.13 Å². The van der Waals surface area contributed by atoms with Crippen molar-refractivity contribution in [2.24, 2.45) is 0 Å². The second-order valence-electron chi connectivity index (χ2n) is 5.96. The van der Waals surface area contributed by atoms with Gasteiger partial charge < -0.3 is 21.1 Å². The summed E-state index contributed by atoms with van der Waals surface area (Å²) in [5.74, 6) is 1.66. The molecule has 0 bridgehead atoms. The van der Waals surface area contributed by atoms with Crippen LogP contribution in [-0.2, 0) is 0 Å². The molecule has 4 rings (SSSR count). The van der Waals surface area contributed by atoms with Gasteiger partial charge in [0.2, 0.25) is 11.9 Å². The summed E-state index contributed by atoms with van der Waals surface area (Å²) in [6.07, 6.45) is 1.35. The predicted molar refractivity (Wildman–Crippen MR) is 107 cm³/mol. The van der Waals surface area contributed by atoms with E-state index < -0.39 is 0 Å². The van der Waals surface area contributed by atoms with Crippen LogP contribution in [0.5, 0.6) is 5.75 Å². The van der Waals surface area contributed by atoms with Crippen LogP contribution >= 0.6 is 0 Å². The van der Waals surface area contributed by atoms with E-state index in [0.29, 0.717) is 29.0 Å². The van der Waals surface area contributed by atoms with Crippen LogP contribution in [0.1, 0.15) is 0 Å². The summed E-state index contributed by atoms with van der Waals surface area (Å²) < 4.78 is 19.9. The summed E-state index contributed by atoms with van der Waals surface area (Å²) in [5, 5.41) is 10.4. The molecule has 0 saturated carbocycles. The molecule has 0 spiro atoms. The van der Waals surface area contributed by atoms with E-state index >= 15 is 0 Å². The van der Waals surface area contributed by atoms with E-state index in [1.54, 1.807) is 25.3 Å². The summed E-state index contributed by atoms with van der Waals surface area (Å²) in [6.45, 7) is 0. The van der Waals surface area contributed by atoms with Crippen molar-refractivity contribution in [3.05, 3.63) is 66.7 Å². The highest BCUT2D eigenvalue weighted by Gasteiger charge is 2.12. The molecule has 2 aromatic heterocycles. The number of hydrogen-bond donors (Lipinski definition) is 3. The molecule has 0 amide bonds. The number of aromatic nitrogens is 5. The van der Waals surface area contributed by atoms with Crippen molar-refractivity contribution in [1.29, 1.82) is 0 Å². The van der Waals surface area contributed by atoms with E-state index in [4.69, 9.17) is 10.5 Å². The fourth-order valence-corrected chi connectivity index (χ4v) is 2.62. The molecule has 4 N–H and O–H groups in total. The Morgan fingerprint density at radius 2 is 1.79 bits per heavy atom. The Bertz CT molecular complexity index is 1150. The molecule has 10 heteroatoms. The van der Waals surface area contributed by atoms with Crippen LogP contribution in [0.2, 0.25) is 0 Å². The fraction of sp³-hybridized carbons (Fsp3) is 0.0526. The Morgan fingerprint density at radius 3 is 2.59 bits per heavy atom. The van der Waals surface area contributed by atoms with Gasteiger partial charge in [-0.3, -0.25) is 0 Å². The fourth-order valence-electron chi connectivity index (χ4n) is 2.62. The zero-order valence-electron chi connectivity index (χ0n) is 15.4. The SMILES string of the molecule is COc1cccc(Nc2nc(N)n(-c3cc(Nc4cccc(F)c4)ncn3)n2)c1. The molecule has 0 unspecified atom stereocenters. The number of ether oxygens (including phenoxy) is 1. The normalized spacial score (nSPS) is 10.6. The van der Waals surface area contributed by atoms with E-state index in [2.05, 4.69) is 30.7 Å². The summed E-state index contributed by atoms with van der Waals surface area (Å²) in [4.78, 5) is 12.5. The number of halogens is 1. The van der Waals surface area contributed by atoms with Crippen molar-refractivity contribution in [3.8, 4) is 11.6 Å². The average molecular weight is 392 g/mol. The molecular weight excluding hydrogens is 375 g/mol. The minimum Gasteiger partial charge on any atom is -0.497 e. The summed E-state index contributed by atoms with van der Waals surface area (Å²) >= 11 is 0. The first-order valence-electron chi connectivity index (χ1n) is 8.59. The van der Waals surface area contributed by atoms with Gasteiger partial charge >= 0.3 is 0 Å². The Morgan fingerprint density at radius 1 is 1.00 bits per heavy atom. The lowest BCUT2D eigenvalue weighted by Gasteiger charge is -2.07. The number of nitrogens with one attached hydrogen (secondary N) is 2. The molecule has 0 atom stereocenters. The number of nitrogens with zero attached hydrogens (tertiary/aromatic N) is 5. The van der Waals surface area contributed by atoms with E-state index in [-0.39, 0.29) is 11.8 Å². The first kappa shape index (κ1) is 18.2. The minimum absolute atomic E-state index is 0.144. The molecule has 0 saturated heterocycles. The Kier molecular flexibility index (Phi) is 4.89. The van der Waals surface area contributed by atoms with Crippen molar-refractivity contribution in [3.63, 3.8) is 0 Å². The molecule has 2 aromatic carbocycles. The molecule has 29 heavy (non-hydrogen) atoms. The van der Waals surface area contributed by atoms with E-state index in [9.17, 15) is 4.39 Å². The van der Waals surface area contributed by atoms with Crippen molar-refractivity contribution >= 4 is 29.1 Å². The van der Waals surface area contributed by atoms with Gasteiger partial charge in [0.15, 0.2) is 5.82 Å². The Hall–Kier alpha value is -4.21. The van der Waals surface area contributed by atoms with Crippen LogP contribution in [0.15, 0.2) is 60.9 Å². The first-order chi connectivity index (χ1) is 14.1. The molecule has 4 aromatic rings. The van der Waals surface area contributed by atoms with Crippen LogP contribution in [0.3, 0.4) is 0 Å². The van der Waals surface area contributed by atoms with Crippen LogP contribution in [0.25, 0.3) is 5.82 Å². The number of anilines is 5. The molecule has 0 radical (unpaired) electrons. The number of nitrogens with two attached hydrogens (primary N) is 1. The number of rotatable bonds is 6. The predicted octanol–water partition coefficient (Wildman–Crippen LogP) is 3.27. The van der Waals surface area contributed by atoms with Crippen LogP contribution in [-0.4, -0.2) is 31.8 Å². The third-order valence-electron chi connectivity index (χ3n) is 3.92. The summed E-state index contributed by atoms with van der Waals surface area (Å²) in [7, 11) is 1.59. The second-order valence-corrected chi connectivity index (χ2v) is 5.96. The van der Waals surface area contributed by atoms with Crippen LogP contribution in [0, 0.1) is 5.82 Å². The maximum atomic E-state index is 13.4. The monoisotopic (exact) mass is 392 g/mol. The third kappa shape index (κ3) is 4.21. The summed E-state index contributed by atoms with van der Waals surface area (Å²) in [6, 6.07) is 15.0. The zero-order chi connectivity index (χ0) is 20.2. The molecule has 0 aliphatic rings. The Balaban J connectivity index is 1.57. The molecule has 0 aliphatic carbocycles. The Labute approximate surface area is 165 Å². The van der Waals surface area contributed by atoms with Gasteiger partial charge in [0.1, 0.15) is 23.7 Å². The van der Waals surface area contributed by atoms with Gasteiger partial charge in [0, 0.05) is 23.5 Å². The van der Waals surface area contributed by atoms with Gasteiger partial charge in [-0.1, -0.05) is 12.1 Å². The van der Waals surface area contributed by atoms with Gasteiger partial charge in [0.25, 0.3) is 0 Å². The first-order valence-corrected chi connectivity index (χ1v) is 8.59. The van der Waals surface area contributed by atoms with Gasteiger partial charge in [-0.2, -0.15) is 9.67 Å². The topological polar surface area (TPSA) is 116 Å². The molecule has 146 valence electrons. The smallest absolute Gasteiger partial charge is 0.248 e. The van der Waals surface area contributed by atoms with Gasteiger partial charge in [0.05, 0.1) is 7.11 Å². The average Bonchev–Trinajstić information content (AvgIpc) is 3.08. The second kappa shape index (κ2) is 7.80. The number of benzene rings is 2. The molecular formula is C19H17FN8O. The minimum atomic E-state index is -0.349. The van der Waals surface area contributed by atoms with Crippen molar-refractivity contribution in [2.45, 2.75) is 0 Å². The van der Waals surface area contributed by atoms with Gasteiger partial charge in [-0.25, -0.2) is 14.4 Å². The maximum Gasteiger partial charge on any atom is 0.248 e. The highest BCUT2D eigenvalue weighted by Crippen LogP contribution is 2.22. The van der Waals surface area contributed by atoms with E-state index in [1.165, 1.54) is 23.1 Å². The highest BCUT2D eigenvalue weighted by molar-refractivity contribution is 5.59. The number of hydrogen-bond acceptors (Lipinski definition) is 8. The molecule has 0 fully saturated rings.